The first kappa shape index (κ1) is 21.5. The third-order valence-electron chi connectivity index (χ3n) is 8.43. The zero-order chi connectivity index (χ0) is 23.3. The van der Waals surface area contributed by atoms with Gasteiger partial charge in [0.05, 0.1) is 5.41 Å². The fraction of sp³-hybridized carbons (Fsp3) is 0.810. The lowest BCUT2D eigenvalue weighted by Crippen LogP contribution is -2.56. The van der Waals surface area contributed by atoms with Gasteiger partial charge in [0, 0.05) is 11.8 Å². The van der Waals surface area contributed by atoms with Crippen LogP contribution in [0.2, 0.25) is 0 Å². The van der Waals surface area contributed by atoms with Gasteiger partial charge in [-0.05, 0) is 38.0 Å². The largest absolute Gasteiger partial charge is 0.464 e. The Kier molecular flexibility index (Phi) is 4.55. The predicted molar refractivity (Wildman–Crippen MR) is 104 cm³/mol. The summed E-state index contributed by atoms with van der Waals surface area (Å²) in [5.41, 5.74) is -0.736. The van der Waals surface area contributed by atoms with Crippen molar-refractivity contribution in [1.82, 2.24) is 0 Å². The van der Waals surface area contributed by atoms with Crippen molar-refractivity contribution in [1.29, 1.82) is 0 Å². The molecule has 0 aromatic heterocycles. The molecule has 3 aliphatic heterocycles. The average molecular weight is 484 g/mol. The van der Waals surface area contributed by atoms with Gasteiger partial charge in [-0.25, -0.2) is 0 Å². The molecule has 0 amide bonds. The van der Waals surface area contributed by atoms with Crippen molar-refractivity contribution < 1.29 is 51.1 Å². The van der Waals surface area contributed by atoms with Gasteiger partial charge in [0.25, 0.3) is 10.1 Å². The zero-order valence-electron chi connectivity index (χ0n) is 17.6. The lowest BCUT2D eigenvalue weighted by atomic mass is 9.49. The van der Waals surface area contributed by atoms with E-state index in [0.29, 0.717) is 25.2 Å². The number of esters is 3. The fourth-order valence-electron chi connectivity index (χ4n) is 7.33. The molecule has 0 radical (unpaired) electrons. The molecule has 4 aliphatic carbocycles. The molecule has 7 fully saturated rings. The number of hydrogen-bond acceptors (Lipinski definition) is 10. The highest BCUT2D eigenvalue weighted by Crippen LogP contribution is 2.60. The van der Waals surface area contributed by atoms with Gasteiger partial charge in [0.1, 0.15) is 42.2 Å². The van der Waals surface area contributed by atoms with Crippen molar-refractivity contribution in [3.05, 3.63) is 0 Å². The number of hydrogen-bond donors (Lipinski definition) is 1. The summed E-state index contributed by atoms with van der Waals surface area (Å²) in [6.07, 6.45) is -0.251. The number of carbonyl (C=O) groups excluding carboxylic acids is 4. The van der Waals surface area contributed by atoms with E-state index in [0.717, 1.165) is 12.8 Å². The summed E-state index contributed by atoms with van der Waals surface area (Å²) in [5, 5.41) is 0. The average Bonchev–Trinajstić information content (AvgIpc) is 3.34. The summed E-state index contributed by atoms with van der Waals surface area (Å²) in [6.45, 7) is -0.581. The van der Waals surface area contributed by atoms with E-state index in [1.54, 1.807) is 0 Å². The smallest absolute Gasteiger partial charge is 0.313 e. The normalized spacial score (nSPS) is 46.5. The SMILES string of the molecule is O=C1C2CC3CC1CC(C(=O)OC1C4OC(=O)C5C4OC1C5C(=O)OCCS(=O)(=O)O)(C3)C2. The molecule has 4 saturated carbocycles. The topological polar surface area (TPSA) is 160 Å². The third kappa shape index (κ3) is 3.17. The molecule has 8 unspecified atom stereocenters. The van der Waals surface area contributed by atoms with Crippen LogP contribution in [0.4, 0.5) is 0 Å². The van der Waals surface area contributed by atoms with Crippen LogP contribution in [0.15, 0.2) is 0 Å². The first-order chi connectivity index (χ1) is 15.6. The summed E-state index contributed by atoms with van der Waals surface area (Å²) in [5.74, 6) is -4.39. The van der Waals surface area contributed by atoms with Crippen molar-refractivity contribution in [2.24, 2.45) is 35.0 Å². The van der Waals surface area contributed by atoms with E-state index in [9.17, 15) is 27.6 Å². The summed E-state index contributed by atoms with van der Waals surface area (Å²) in [4.78, 5) is 51.0. The van der Waals surface area contributed by atoms with Crippen molar-refractivity contribution in [2.45, 2.75) is 56.5 Å². The lowest BCUT2D eigenvalue weighted by molar-refractivity contribution is -0.187. The van der Waals surface area contributed by atoms with Crippen molar-refractivity contribution in [3.8, 4) is 0 Å². The molecule has 8 atom stereocenters. The summed E-state index contributed by atoms with van der Waals surface area (Å²) in [7, 11) is -4.32. The number of Topliss-reactive ketones (excluding diaryl/α,β-unsaturated/α-hetero) is 1. The molecular weight excluding hydrogens is 460 g/mol. The minimum Gasteiger partial charge on any atom is -0.464 e. The fourth-order valence-corrected chi connectivity index (χ4v) is 7.62. The maximum Gasteiger partial charge on any atom is 0.313 e. The highest BCUT2D eigenvalue weighted by molar-refractivity contribution is 7.85. The number of rotatable bonds is 6. The second-order valence-corrected chi connectivity index (χ2v) is 11.9. The van der Waals surface area contributed by atoms with Gasteiger partial charge in [-0.2, -0.15) is 8.42 Å². The van der Waals surface area contributed by atoms with E-state index in [1.165, 1.54) is 0 Å². The Morgan fingerprint density at radius 2 is 1.76 bits per heavy atom. The van der Waals surface area contributed by atoms with Crippen LogP contribution in [0.1, 0.15) is 32.1 Å². The van der Waals surface area contributed by atoms with Crippen molar-refractivity contribution in [2.75, 3.05) is 12.4 Å². The third-order valence-corrected chi connectivity index (χ3v) is 9.12. The Morgan fingerprint density at radius 3 is 2.42 bits per heavy atom. The standard InChI is InChI=1S/C21H24O11S/c22-13-9-3-8-4-10(13)7-21(5-8,6-9)20(25)32-17-14-11(18(23)29-1-2-33(26,27)28)12-15(30-14)16(17)31-19(12)24/h8-12,14-17H,1-7H2,(H,26,27,28). The second kappa shape index (κ2) is 6.98. The maximum atomic E-state index is 13.4. The molecule has 3 heterocycles. The van der Waals surface area contributed by atoms with Gasteiger partial charge in [0.2, 0.25) is 0 Å². The van der Waals surface area contributed by atoms with Gasteiger partial charge in [-0.1, -0.05) is 0 Å². The Morgan fingerprint density at radius 1 is 1.06 bits per heavy atom. The van der Waals surface area contributed by atoms with Crippen LogP contribution in [0.3, 0.4) is 0 Å². The summed E-state index contributed by atoms with van der Waals surface area (Å²) >= 11 is 0. The Labute approximate surface area is 189 Å². The molecule has 6 bridgehead atoms. The molecular formula is C21H24O11S. The molecule has 0 aromatic carbocycles. The van der Waals surface area contributed by atoms with E-state index in [2.05, 4.69) is 0 Å². The molecule has 0 aromatic rings. The van der Waals surface area contributed by atoms with E-state index in [-0.39, 0.29) is 17.6 Å². The van der Waals surface area contributed by atoms with Gasteiger partial charge in [0.15, 0.2) is 12.2 Å². The number of ether oxygens (including phenoxy) is 4. The minimum atomic E-state index is -4.32. The van der Waals surface area contributed by atoms with Crippen LogP contribution in [-0.4, -0.2) is 73.4 Å². The monoisotopic (exact) mass is 484 g/mol. The van der Waals surface area contributed by atoms with Gasteiger partial charge in [-0.3, -0.25) is 23.7 Å². The first-order valence-corrected chi connectivity index (χ1v) is 12.9. The molecule has 1 N–H and O–H groups in total. The molecule has 180 valence electrons. The van der Waals surface area contributed by atoms with Crippen LogP contribution in [0.5, 0.6) is 0 Å². The van der Waals surface area contributed by atoms with Gasteiger partial charge < -0.3 is 18.9 Å². The van der Waals surface area contributed by atoms with Crippen LogP contribution < -0.4 is 0 Å². The number of ketones is 1. The van der Waals surface area contributed by atoms with Crippen molar-refractivity contribution >= 4 is 33.8 Å². The first-order valence-electron chi connectivity index (χ1n) is 11.3. The van der Waals surface area contributed by atoms with E-state index < -0.39 is 82.1 Å². The predicted octanol–water partition coefficient (Wildman–Crippen LogP) is -0.337. The van der Waals surface area contributed by atoms with E-state index in [1.807, 2.05) is 0 Å². The Hall–Kier alpha value is -2.05. The number of carbonyl (C=O) groups is 4. The molecule has 0 spiro atoms. The Bertz CT molecular complexity index is 1030. The van der Waals surface area contributed by atoms with E-state index >= 15 is 0 Å². The van der Waals surface area contributed by atoms with Crippen molar-refractivity contribution in [3.63, 3.8) is 0 Å². The Balaban J connectivity index is 1.19. The zero-order valence-corrected chi connectivity index (χ0v) is 18.4. The second-order valence-electron chi connectivity index (χ2n) is 10.4. The number of fused-ring (bicyclic) bond motifs is 1. The van der Waals surface area contributed by atoms with Gasteiger partial charge >= 0.3 is 17.9 Å². The van der Waals surface area contributed by atoms with Gasteiger partial charge in [-0.15, -0.1) is 0 Å². The van der Waals surface area contributed by atoms with Crippen LogP contribution in [0, 0.1) is 35.0 Å². The highest BCUT2D eigenvalue weighted by Gasteiger charge is 2.72. The summed E-state index contributed by atoms with van der Waals surface area (Å²) < 4.78 is 52.7. The molecule has 11 nitrogen and oxygen atoms in total. The van der Waals surface area contributed by atoms with Crippen LogP contribution in [-0.2, 0) is 48.2 Å². The molecule has 33 heavy (non-hydrogen) atoms. The maximum absolute atomic E-state index is 13.4. The molecule has 7 rings (SSSR count). The van der Waals surface area contributed by atoms with Crippen LogP contribution in [0.25, 0.3) is 0 Å². The highest BCUT2D eigenvalue weighted by atomic mass is 32.2. The minimum absolute atomic E-state index is 0.112. The summed E-state index contributed by atoms with van der Waals surface area (Å²) in [6, 6.07) is 0. The molecule has 3 saturated heterocycles. The van der Waals surface area contributed by atoms with Crippen LogP contribution >= 0.6 is 0 Å². The molecule has 7 aliphatic rings. The lowest BCUT2D eigenvalue weighted by Gasteiger charge is -2.54. The molecule has 12 heteroatoms. The van der Waals surface area contributed by atoms with E-state index in [4.69, 9.17) is 23.5 Å². The quantitative estimate of drug-likeness (QED) is 0.298.